The largest absolute Gasteiger partial charge is 0.480 e. The number of hydrogen-bond acceptors (Lipinski definition) is 3. The van der Waals surface area contributed by atoms with Gasteiger partial charge in [0.15, 0.2) is 28.2 Å². The number of nitrogens with one attached hydrogen (secondary N) is 1. The van der Waals surface area contributed by atoms with Crippen molar-refractivity contribution in [3.05, 3.63) is 29.3 Å². The normalized spacial score (nSPS) is 13.5. The summed E-state index contributed by atoms with van der Waals surface area (Å²) in [5.41, 5.74) is 0. The van der Waals surface area contributed by atoms with Crippen LogP contribution in [0.1, 0.15) is 13.8 Å². The molecule has 0 saturated carbocycles. The van der Waals surface area contributed by atoms with Crippen LogP contribution in [0.5, 0.6) is 0 Å². The molecule has 0 heterocycles. The summed E-state index contributed by atoms with van der Waals surface area (Å²) in [5, 5.41) is 8.84. The number of rotatable bonds is 5. The molecule has 1 aromatic rings. The van der Waals surface area contributed by atoms with E-state index in [9.17, 15) is 30.8 Å². The maximum atomic E-state index is 13.4. The topological polar surface area (TPSA) is 83.5 Å². The molecule has 0 aliphatic rings. The minimum absolute atomic E-state index is 0.152. The van der Waals surface area contributed by atoms with Gasteiger partial charge in [-0.1, -0.05) is 13.8 Å². The molecule has 21 heavy (non-hydrogen) atoms. The van der Waals surface area contributed by atoms with Crippen LogP contribution in [0.3, 0.4) is 0 Å². The van der Waals surface area contributed by atoms with Crippen molar-refractivity contribution >= 4 is 16.0 Å². The molecule has 1 rings (SSSR count). The fourth-order valence-corrected chi connectivity index (χ4v) is 2.98. The lowest BCUT2D eigenvalue weighted by molar-refractivity contribution is -0.140. The van der Waals surface area contributed by atoms with Gasteiger partial charge >= 0.3 is 5.97 Å². The Labute approximate surface area is 117 Å². The van der Waals surface area contributed by atoms with Crippen molar-refractivity contribution in [2.45, 2.75) is 24.8 Å². The van der Waals surface area contributed by atoms with Crippen LogP contribution in [0.2, 0.25) is 0 Å². The maximum Gasteiger partial charge on any atom is 0.322 e. The van der Waals surface area contributed by atoms with Gasteiger partial charge in [-0.2, -0.15) is 4.72 Å². The van der Waals surface area contributed by atoms with E-state index in [4.69, 9.17) is 5.11 Å². The van der Waals surface area contributed by atoms with Crippen molar-refractivity contribution < 1.29 is 35.9 Å². The minimum atomic E-state index is -5.12. The molecule has 0 aliphatic heterocycles. The second kappa shape index (κ2) is 5.98. The van der Waals surface area contributed by atoms with Crippen LogP contribution in [0.15, 0.2) is 11.0 Å². The maximum absolute atomic E-state index is 13.4. The zero-order valence-corrected chi connectivity index (χ0v) is 11.6. The van der Waals surface area contributed by atoms with Gasteiger partial charge in [0.1, 0.15) is 6.04 Å². The molecule has 0 amide bonds. The summed E-state index contributed by atoms with van der Waals surface area (Å²) in [5.74, 6) is -10.5. The number of aliphatic carboxylic acids is 1. The van der Waals surface area contributed by atoms with E-state index in [2.05, 4.69) is 0 Å². The predicted octanol–water partition coefficient (Wildman–Crippen LogP) is 1.63. The quantitative estimate of drug-likeness (QED) is 0.635. The fourth-order valence-electron chi connectivity index (χ4n) is 1.48. The first-order valence-electron chi connectivity index (χ1n) is 5.57. The summed E-state index contributed by atoms with van der Waals surface area (Å²) in [6.45, 7) is 2.67. The number of sulfonamides is 1. The molecular formula is C11H11F4NO4S. The molecule has 0 aromatic heterocycles. The first kappa shape index (κ1) is 17.4. The highest BCUT2D eigenvalue weighted by molar-refractivity contribution is 7.89. The van der Waals surface area contributed by atoms with Gasteiger partial charge in [-0.15, -0.1) is 0 Å². The Kier molecular flexibility index (Phi) is 4.95. The van der Waals surface area contributed by atoms with Crippen LogP contribution in [0.4, 0.5) is 17.6 Å². The molecule has 5 nitrogen and oxygen atoms in total. The smallest absolute Gasteiger partial charge is 0.322 e. The van der Waals surface area contributed by atoms with Crippen molar-refractivity contribution in [2.75, 3.05) is 0 Å². The van der Waals surface area contributed by atoms with Gasteiger partial charge in [0.25, 0.3) is 0 Å². The Bertz CT molecular complexity index is 649. The van der Waals surface area contributed by atoms with E-state index in [1.54, 1.807) is 0 Å². The summed E-state index contributed by atoms with van der Waals surface area (Å²) in [4.78, 5) is 8.99. The van der Waals surface area contributed by atoms with E-state index in [1.165, 1.54) is 18.6 Å². The molecular weight excluding hydrogens is 318 g/mol. The molecule has 1 atom stereocenters. The fraction of sp³-hybridized carbons (Fsp3) is 0.364. The van der Waals surface area contributed by atoms with Crippen molar-refractivity contribution in [3.8, 4) is 0 Å². The van der Waals surface area contributed by atoms with Gasteiger partial charge < -0.3 is 5.11 Å². The Morgan fingerprint density at radius 1 is 1.14 bits per heavy atom. The predicted molar refractivity (Wildman–Crippen MR) is 62.9 cm³/mol. The molecule has 0 saturated heterocycles. The Morgan fingerprint density at radius 3 is 1.90 bits per heavy atom. The molecule has 0 aliphatic carbocycles. The number of hydrogen-bond donors (Lipinski definition) is 2. The van der Waals surface area contributed by atoms with E-state index in [0.29, 0.717) is 0 Å². The lowest BCUT2D eigenvalue weighted by Crippen LogP contribution is -2.44. The molecule has 0 unspecified atom stereocenters. The highest BCUT2D eigenvalue weighted by atomic mass is 32.2. The minimum Gasteiger partial charge on any atom is -0.480 e. The van der Waals surface area contributed by atoms with Crippen molar-refractivity contribution in [3.63, 3.8) is 0 Å². The molecule has 0 radical (unpaired) electrons. The Hall–Kier alpha value is -1.68. The number of carboxylic acid groups (broad SMARTS) is 1. The molecule has 10 heteroatoms. The third-order valence-corrected chi connectivity index (χ3v) is 4.02. The number of halogens is 4. The molecule has 1 aromatic carbocycles. The molecule has 118 valence electrons. The average Bonchev–Trinajstić information content (AvgIpc) is 2.33. The summed E-state index contributed by atoms with van der Waals surface area (Å²) in [6.07, 6.45) is 0. The van der Waals surface area contributed by atoms with E-state index in [-0.39, 0.29) is 6.07 Å². The summed E-state index contributed by atoms with van der Waals surface area (Å²) in [7, 11) is -5.12. The lowest BCUT2D eigenvalue weighted by atomic mass is 10.1. The van der Waals surface area contributed by atoms with Gasteiger partial charge in [-0.05, 0) is 5.92 Å². The second-order valence-corrected chi connectivity index (χ2v) is 6.13. The summed E-state index contributed by atoms with van der Waals surface area (Å²) < 4.78 is 78.0. The Morgan fingerprint density at radius 2 is 1.57 bits per heavy atom. The van der Waals surface area contributed by atoms with Crippen LogP contribution < -0.4 is 4.72 Å². The van der Waals surface area contributed by atoms with Crippen LogP contribution in [-0.2, 0) is 14.8 Å². The molecule has 0 bridgehead atoms. The number of carbonyl (C=O) groups is 1. The monoisotopic (exact) mass is 329 g/mol. The van der Waals surface area contributed by atoms with Gasteiger partial charge in [-0.3, -0.25) is 4.79 Å². The molecule has 0 fully saturated rings. The van der Waals surface area contributed by atoms with Crippen molar-refractivity contribution in [1.29, 1.82) is 0 Å². The first-order valence-corrected chi connectivity index (χ1v) is 7.05. The summed E-state index contributed by atoms with van der Waals surface area (Å²) in [6, 6.07) is -1.87. The number of carboxylic acids is 1. The van der Waals surface area contributed by atoms with Gasteiger partial charge in [0.2, 0.25) is 10.0 Å². The second-order valence-electron chi connectivity index (χ2n) is 4.48. The molecule has 0 spiro atoms. The Balaban J connectivity index is 3.42. The zero-order valence-electron chi connectivity index (χ0n) is 10.8. The van der Waals surface area contributed by atoms with E-state index >= 15 is 0 Å². The van der Waals surface area contributed by atoms with E-state index in [1.807, 2.05) is 0 Å². The molecule has 2 N–H and O–H groups in total. The zero-order chi connectivity index (χ0) is 16.5. The third kappa shape index (κ3) is 3.50. The van der Waals surface area contributed by atoms with Gasteiger partial charge in [0, 0.05) is 6.07 Å². The van der Waals surface area contributed by atoms with Gasteiger partial charge in [-0.25, -0.2) is 26.0 Å². The van der Waals surface area contributed by atoms with Crippen LogP contribution in [-0.4, -0.2) is 25.5 Å². The van der Waals surface area contributed by atoms with E-state index in [0.717, 1.165) is 0 Å². The first-order chi connectivity index (χ1) is 9.49. The SMILES string of the molecule is CC(C)[C@H](NS(=O)(=O)c1c(F)c(F)cc(F)c1F)C(=O)O. The lowest BCUT2D eigenvalue weighted by Gasteiger charge is -2.18. The number of benzene rings is 1. The highest BCUT2D eigenvalue weighted by Gasteiger charge is 2.34. The van der Waals surface area contributed by atoms with Crippen molar-refractivity contribution in [2.24, 2.45) is 5.92 Å². The van der Waals surface area contributed by atoms with Crippen LogP contribution in [0.25, 0.3) is 0 Å². The standard InChI is InChI=1S/C11H11F4NO4S/c1-4(2)9(11(17)18)16-21(19,20)10-7(14)5(12)3-6(13)8(10)15/h3-4,9,16H,1-2H3,(H,17,18)/t9-/m0/s1. The van der Waals surface area contributed by atoms with Crippen LogP contribution >= 0.6 is 0 Å². The highest BCUT2D eigenvalue weighted by Crippen LogP contribution is 2.24. The average molecular weight is 329 g/mol. The summed E-state index contributed by atoms with van der Waals surface area (Å²) >= 11 is 0. The van der Waals surface area contributed by atoms with Gasteiger partial charge in [0.05, 0.1) is 0 Å². The van der Waals surface area contributed by atoms with Crippen molar-refractivity contribution in [1.82, 2.24) is 4.72 Å². The van der Waals surface area contributed by atoms with E-state index < -0.39 is 56.1 Å². The van der Waals surface area contributed by atoms with Crippen LogP contribution in [0, 0.1) is 29.2 Å². The third-order valence-electron chi connectivity index (χ3n) is 2.56.